The van der Waals surface area contributed by atoms with Gasteiger partial charge in [-0.25, -0.2) is 19.9 Å². The average molecular weight is 247 g/mol. The number of nitrogens with zero attached hydrogens (tertiary/aromatic N) is 5. The molecule has 0 atom stereocenters. The molecular formula is C11H17N5Si. The SMILES string of the molecule is CCN(c1ncnc2nccnc12)[Si](C)(C)C. The second-order valence-corrected chi connectivity index (χ2v) is 9.72. The van der Waals surface area contributed by atoms with Gasteiger partial charge in [-0.2, -0.15) is 0 Å². The fourth-order valence-corrected chi connectivity index (χ4v) is 3.67. The van der Waals surface area contributed by atoms with E-state index < -0.39 is 8.24 Å². The first kappa shape index (κ1) is 11.9. The second-order valence-electron chi connectivity index (χ2n) is 4.84. The molecule has 2 aromatic rings. The van der Waals surface area contributed by atoms with Crippen molar-refractivity contribution in [3.05, 3.63) is 18.7 Å². The van der Waals surface area contributed by atoms with Gasteiger partial charge in [0.1, 0.15) is 20.1 Å². The van der Waals surface area contributed by atoms with Crippen molar-refractivity contribution in [2.45, 2.75) is 26.6 Å². The van der Waals surface area contributed by atoms with E-state index in [1.165, 1.54) is 0 Å². The Balaban J connectivity index is 2.62. The molecule has 2 heterocycles. The number of hydrogen-bond acceptors (Lipinski definition) is 5. The zero-order valence-corrected chi connectivity index (χ0v) is 11.7. The van der Waals surface area contributed by atoms with E-state index in [-0.39, 0.29) is 0 Å². The highest BCUT2D eigenvalue weighted by Crippen LogP contribution is 2.23. The fraction of sp³-hybridized carbons (Fsp3) is 0.455. The van der Waals surface area contributed by atoms with Gasteiger partial charge in [-0.3, -0.25) is 0 Å². The number of aromatic nitrogens is 4. The molecule has 0 saturated heterocycles. The van der Waals surface area contributed by atoms with Crippen molar-refractivity contribution < 1.29 is 0 Å². The molecule has 17 heavy (non-hydrogen) atoms. The van der Waals surface area contributed by atoms with Crippen LogP contribution in [0.1, 0.15) is 6.92 Å². The third-order valence-corrected chi connectivity index (χ3v) is 4.78. The average Bonchev–Trinajstić information content (AvgIpc) is 2.28. The molecule has 0 aliphatic carbocycles. The maximum absolute atomic E-state index is 4.39. The Morgan fingerprint density at radius 1 is 1.06 bits per heavy atom. The van der Waals surface area contributed by atoms with Crippen molar-refractivity contribution in [2.75, 3.05) is 11.1 Å². The third kappa shape index (κ3) is 2.26. The van der Waals surface area contributed by atoms with Crippen LogP contribution in [-0.4, -0.2) is 34.7 Å². The molecule has 2 rings (SSSR count). The van der Waals surface area contributed by atoms with Crippen molar-refractivity contribution in [1.82, 2.24) is 19.9 Å². The normalized spacial score (nSPS) is 11.8. The Hall–Kier alpha value is -1.56. The molecule has 90 valence electrons. The minimum absolute atomic E-state index is 0.661. The van der Waals surface area contributed by atoms with E-state index >= 15 is 0 Å². The van der Waals surface area contributed by atoms with Crippen LogP contribution in [0, 0.1) is 0 Å². The van der Waals surface area contributed by atoms with E-state index in [9.17, 15) is 0 Å². The van der Waals surface area contributed by atoms with E-state index in [0.29, 0.717) is 5.65 Å². The van der Waals surface area contributed by atoms with Crippen LogP contribution in [0.25, 0.3) is 11.2 Å². The van der Waals surface area contributed by atoms with Crippen molar-refractivity contribution in [3.63, 3.8) is 0 Å². The Morgan fingerprint density at radius 3 is 2.41 bits per heavy atom. The van der Waals surface area contributed by atoms with E-state index in [0.717, 1.165) is 17.9 Å². The van der Waals surface area contributed by atoms with Crippen LogP contribution in [0.15, 0.2) is 18.7 Å². The lowest BCUT2D eigenvalue weighted by atomic mass is 10.4. The van der Waals surface area contributed by atoms with Crippen molar-refractivity contribution in [1.29, 1.82) is 0 Å². The van der Waals surface area contributed by atoms with Gasteiger partial charge in [0.2, 0.25) is 0 Å². The van der Waals surface area contributed by atoms with Gasteiger partial charge in [-0.1, -0.05) is 19.6 Å². The molecule has 0 unspecified atom stereocenters. The lowest BCUT2D eigenvalue weighted by Crippen LogP contribution is -2.46. The summed E-state index contributed by atoms with van der Waals surface area (Å²) in [5.41, 5.74) is 1.45. The van der Waals surface area contributed by atoms with Crippen molar-refractivity contribution >= 4 is 25.2 Å². The molecule has 0 saturated carbocycles. The summed E-state index contributed by atoms with van der Waals surface area (Å²) in [4.78, 5) is 17.1. The zero-order valence-electron chi connectivity index (χ0n) is 10.7. The van der Waals surface area contributed by atoms with Crippen LogP contribution in [-0.2, 0) is 0 Å². The lowest BCUT2D eigenvalue weighted by molar-refractivity contribution is 1.00. The highest BCUT2D eigenvalue weighted by atomic mass is 28.3. The van der Waals surface area contributed by atoms with Gasteiger partial charge in [0.05, 0.1) is 0 Å². The van der Waals surface area contributed by atoms with Gasteiger partial charge in [0.25, 0.3) is 0 Å². The number of fused-ring (bicyclic) bond motifs is 1. The molecule has 0 aliphatic heterocycles. The molecule has 0 aliphatic rings. The van der Waals surface area contributed by atoms with Gasteiger partial charge in [0.15, 0.2) is 11.5 Å². The Morgan fingerprint density at radius 2 is 1.76 bits per heavy atom. The molecule has 5 nitrogen and oxygen atoms in total. The molecule has 0 N–H and O–H groups in total. The molecule has 2 aromatic heterocycles. The molecule has 6 heteroatoms. The summed E-state index contributed by atoms with van der Waals surface area (Å²) in [6.07, 6.45) is 4.91. The third-order valence-electron chi connectivity index (χ3n) is 2.63. The first-order valence-electron chi connectivity index (χ1n) is 5.73. The lowest BCUT2D eigenvalue weighted by Gasteiger charge is -2.34. The van der Waals surface area contributed by atoms with Crippen molar-refractivity contribution in [2.24, 2.45) is 0 Å². The molecule has 0 radical (unpaired) electrons. The molecule has 0 aromatic carbocycles. The molecular weight excluding hydrogens is 230 g/mol. The summed E-state index contributed by atoms with van der Waals surface area (Å²) < 4.78 is 2.34. The summed E-state index contributed by atoms with van der Waals surface area (Å²) >= 11 is 0. The van der Waals surface area contributed by atoms with E-state index in [1.807, 2.05) is 0 Å². The van der Waals surface area contributed by atoms with Crippen LogP contribution in [0.3, 0.4) is 0 Å². The van der Waals surface area contributed by atoms with Crippen LogP contribution < -0.4 is 4.57 Å². The van der Waals surface area contributed by atoms with Crippen LogP contribution in [0.5, 0.6) is 0 Å². The van der Waals surface area contributed by atoms with E-state index in [1.54, 1.807) is 18.7 Å². The fourth-order valence-electron chi connectivity index (χ4n) is 1.92. The Kier molecular flexibility index (Phi) is 3.06. The monoisotopic (exact) mass is 247 g/mol. The standard InChI is InChI=1S/C11H17N5Si/c1-5-16(17(2,3)4)11-9-10(14-8-15-11)13-7-6-12-9/h6-8H,5H2,1-4H3. The summed E-state index contributed by atoms with van der Waals surface area (Å²) in [5, 5.41) is 0. The molecule has 0 spiro atoms. The van der Waals surface area contributed by atoms with Crippen LogP contribution in [0.2, 0.25) is 19.6 Å². The highest BCUT2D eigenvalue weighted by molar-refractivity contribution is 6.79. The minimum atomic E-state index is -1.47. The smallest absolute Gasteiger partial charge is 0.183 e. The van der Waals surface area contributed by atoms with Gasteiger partial charge >= 0.3 is 0 Å². The summed E-state index contributed by atoms with van der Waals surface area (Å²) in [7, 11) is -1.47. The van der Waals surface area contributed by atoms with Gasteiger partial charge in [-0.05, 0) is 6.92 Å². The molecule has 0 bridgehead atoms. The molecule has 0 amide bonds. The number of hydrogen-bond donors (Lipinski definition) is 0. The first-order chi connectivity index (χ1) is 8.04. The second kappa shape index (κ2) is 4.36. The van der Waals surface area contributed by atoms with Crippen molar-refractivity contribution in [3.8, 4) is 0 Å². The first-order valence-corrected chi connectivity index (χ1v) is 9.18. The largest absolute Gasteiger partial charge is 0.382 e. The van der Waals surface area contributed by atoms with Gasteiger partial charge < -0.3 is 4.57 Å². The topological polar surface area (TPSA) is 54.8 Å². The highest BCUT2D eigenvalue weighted by Gasteiger charge is 2.26. The maximum Gasteiger partial charge on any atom is 0.183 e. The van der Waals surface area contributed by atoms with Crippen LogP contribution >= 0.6 is 0 Å². The van der Waals surface area contributed by atoms with Crippen LogP contribution in [0.4, 0.5) is 5.82 Å². The predicted octanol–water partition coefficient (Wildman–Crippen LogP) is 2.08. The van der Waals surface area contributed by atoms with E-state index in [4.69, 9.17) is 0 Å². The van der Waals surface area contributed by atoms with Gasteiger partial charge in [-0.15, -0.1) is 0 Å². The predicted molar refractivity (Wildman–Crippen MR) is 71.5 cm³/mol. The Bertz CT molecular complexity index is 517. The summed E-state index contributed by atoms with van der Waals surface area (Å²) in [5.74, 6) is 0.907. The number of rotatable bonds is 3. The van der Waals surface area contributed by atoms with E-state index in [2.05, 4.69) is 51.1 Å². The van der Waals surface area contributed by atoms with Gasteiger partial charge in [0, 0.05) is 18.9 Å². The number of anilines is 1. The zero-order chi connectivity index (χ0) is 12.5. The quantitative estimate of drug-likeness (QED) is 0.777. The summed E-state index contributed by atoms with van der Waals surface area (Å²) in [6, 6.07) is 0. The molecule has 0 fully saturated rings. The summed E-state index contributed by atoms with van der Waals surface area (Å²) in [6.45, 7) is 9.95. The Labute approximate surface area is 102 Å². The minimum Gasteiger partial charge on any atom is -0.382 e. The maximum atomic E-state index is 4.39.